The molecule has 0 spiro atoms. The molecule has 0 aliphatic carbocycles. The van der Waals surface area contributed by atoms with Crippen LogP contribution in [0, 0.1) is 10.1 Å². The number of rotatable bonds is 5. The van der Waals surface area contributed by atoms with E-state index in [0.29, 0.717) is 5.56 Å². The number of nitrogens with zero attached hydrogens (tertiary/aromatic N) is 2. The molecule has 126 valence electrons. The first kappa shape index (κ1) is 18.5. The number of non-ortho nitro benzene ring substituents is 1. The van der Waals surface area contributed by atoms with Gasteiger partial charge in [0.25, 0.3) is 15.7 Å². The van der Waals surface area contributed by atoms with Gasteiger partial charge in [0, 0.05) is 17.7 Å². The molecule has 2 aromatic carbocycles. The van der Waals surface area contributed by atoms with Gasteiger partial charge in [0.2, 0.25) is 0 Å². The normalized spacial score (nSPS) is 11.6. The van der Waals surface area contributed by atoms with Crippen LogP contribution in [-0.4, -0.2) is 19.6 Å². The van der Waals surface area contributed by atoms with E-state index >= 15 is 0 Å². The smallest absolute Gasteiger partial charge is 0.258 e. The van der Waals surface area contributed by atoms with Gasteiger partial charge in [-0.05, 0) is 12.1 Å². The van der Waals surface area contributed by atoms with Gasteiger partial charge in [-0.1, -0.05) is 46.9 Å². The van der Waals surface area contributed by atoms with Crippen molar-refractivity contribution in [2.24, 2.45) is 5.10 Å². The Labute approximate surface area is 152 Å². The molecular weight excluding hydrogens is 401 g/mol. The fourth-order valence-corrected chi connectivity index (χ4v) is 3.44. The predicted octanol–water partition coefficient (Wildman–Crippen LogP) is 3.87. The molecular formula is C13H8Cl3N3O4S. The molecule has 0 amide bonds. The van der Waals surface area contributed by atoms with Crippen LogP contribution >= 0.6 is 34.8 Å². The molecule has 0 aliphatic rings. The van der Waals surface area contributed by atoms with E-state index in [2.05, 4.69) is 5.10 Å². The summed E-state index contributed by atoms with van der Waals surface area (Å²) >= 11 is 17.4. The number of nitro groups is 1. The molecule has 0 atom stereocenters. The maximum Gasteiger partial charge on any atom is 0.278 e. The lowest BCUT2D eigenvalue weighted by molar-refractivity contribution is -0.384. The minimum absolute atomic E-state index is 0.0177. The standard InChI is InChI=1S/C13H8Cl3N3O4S/c14-10-5-12(16)13(6-11(10)15)24(22,23)18-17-7-8-2-1-3-9(4-8)19(20)21/h1-7,18H/b17-7-. The van der Waals surface area contributed by atoms with Gasteiger partial charge in [-0.25, -0.2) is 4.83 Å². The van der Waals surface area contributed by atoms with Gasteiger partial charge >= 0.3 is 0 Å². The monoisotopic (exact) mass is 407 g/mol. The third-order valence-electron chi connectivity index (χ3n) is 2.73. The van der Waals surface area contributed by atoms with Gasteiger partial charge in [-0.2, -0.15) is 13.5 Å². The van der Waals surface area contributed by atoms with Crippen molar-refractivity contribution in [3.63, 3.8) is 0 Å². The lowest BCUT2D eigenvalue weighted by Crippen LogP contribution is -2.18. The van der Waals surface area contributed by atoms with Crippen molar-refractivity contribution >= 4 is 56.7 Å². The quantitative estimate of drug-likeness (QED) is 0.351. The Bertz CT molecular complexity index is 932. The molecule has 2 aromatic rings. The molecule has 0 saturated heterocycles. The summed E-state index contributed by atoms with van der Waals surface area (Å²) in [6, 6.07) is 7.81. The van der Waals surface area contributed by atoms with E-state index in [0.717, 1.165) is 12.3 Å². The average Bonchev–Trinajstić information content (AvgIpc) is 2.51. The first-order valence-electron chi connectivity index (χ1n) is 6.14. The summed E-state index contributed by atoms with van der Waals surface area (Å²) in [6.07, 6.45) is 1.12. The second-order valence-electron chi connectivity index (χ2n) is 4.40. The zero-order chi connectivity index (χ0) is 17.9. The van der Waals surface area contributed by atoms with E-state index in [9.17, 15) is 18.5 Å². The Morgan fingerprint density at radius 1 is 1.08 bits per heavy atom. The summed E-state index contributed by atoms with van der Waals surface area (Å²) in [4.78, 5) is 11.8. The number of hydrazone groups is 1. The van der Waals surface area contributed by atoms with Crippen molar-refractivity contribution in [3.05, 3.63) is 67.1 Å². The first-order chi connectivity index (χ1) is 11.2. The van der Waals surface area contributed by atoms with E-state index in [1.54, 1.807) is 0 Å². The summed E-state index contributed by atoms with van der Waals surface area (Å²) in [6.45, 7) is 0. The average molecular weight is 409 g/mol. The molecule has 2 rings (SSSR count). The van der Waals surface area contributed by atoms with E-state index < -0.39 is 14.9 Å². The van der Waals surface area contributed by atoms with Crippen molar-refractivity contribution in [3.8, 4) is 0 Å². The van der Waals surface area contributed by atoms with Crippen LogP contribution in [0.25, 0.3) is 0 Å². The van der Waals surface area contributed by atoms with E-state index in [1.807, 2.05) is 4.83 Å². The summed E-state index contributed by atoms with van der Waals surface area (Å²) < 4.78 is 24.3. The number of nitro benzene ring substituents is 1. The largest absolute Gasteiger partial charge is 0.278 e. The Morgan fingerprint density at radius 3 is 2.42 bits per heavy atom. The number of hydrogen-bond acceptors (Lipinski definition) is 5. The molecule has 1 N–H and O–H groups in total. The zero-order valence-corrected chi connectivity index (χ0v) is 14.7. The topological polar surface area (TPSA) is 102 Å². The molecule has 0 aliphatic heterocycles. The second kappa shape index (κ2) is 7.35. The van der Waals surface area contributed by atoms with Crippen LogP contribution in [0.4, 0.5) is 5.69 Å². The number of nitrogens with one attached hydrogen (secondary N) is 1. The van der Waals surface area contributed by atoms with Crippen LogP contribution in [0.15, 0.2) is 46.4 Å². The number of halogens is 3. The van der Waals surface area contributed by atoms with Gasteiger partial charge in [0.05, 0.1) is 26.2 Å². The van der Waals surface area contributed by atoms with Crippen molar-refractivity contribution in [1.29, 1.82) is 0 Å². The highest BCUT2D eigenvalue weighted by atomic mass is 35.5. The molecule has 0 fully saturated rings. The summed E-state index contributed by atoms with van der Waals surface area (Å²) in [7, 11) is -4.08. The van der Waals surface area contributed by atoms with Crippen LogP contribution in [0.2, 0.25) is 15.1 Å². The first-order valence-corrected chi connectivity index (χ1v) is 8.76. The molecule has 0 saturated carbocycles. The molecule has 0 heterocycles. The fourth-order valence-electron chi connectivity index (χ4n) is 1.65. The predicted molar refractivity (Wildman–Crippen MR) is 92.5 cm³/mol. The van der Waals surface area contributed by atoms with E-state index in [4.69, 9.17) is 34.8 Å². The van der Waals surface area contributed by atoms with Crippen molar-refractivity contribution in [1.82, 2.24) is 4.83 Å². The van der Waals surface area contributed by atoms with E-state index in [1.165, 1.54) is 30.3 Å². The summed E-state index contributed by atoms with van der Waals surface area (Å²) in [5.41, 5.74) is 0.196. The molecule has 0 unspecified atom stereocenters. The third kappa shape index (κ3) is 4.35. The Kier molecular flexibility index (Phi) is 5.66. The van der Waals surface area contributed by atoms with Crippen LogP contribution in [0.3, 0.4) is 0 Å². The number of sulfonamides is 1. The Balaban J connectivity index is 2.23. The molecule has 0 bridgehead atoms. The highest BCUT2D eigenvalue weighted by Crippen LogP contribution is 2.31. The minimum Gasteiger partial charge on any atom is -0.258 e. The lowest BCUT2D eigenvalue weighted by atomic mass is 10.2. The SMILES string of the molecule is O=[N+]([O-])c1cccc(/C=N\NS(=O)(=O)c2cc(Cl)c(Cl)cc2Cl)c1. The van der Waals surface area contributed by atoms with Crippen LogP contribution in [-0.2, 0) is 10.0 Å². The van der Waals surface area contributed by atoms with Crippen LogP contribution < -0.4 is 4.83 Å². The third-order valence-corrected chi connectivity index (χ3v) is 5.14. The summed E-state index contributed by atoms with van der Waals surface area (Å²) in [5, 5.41) is 14.2. The van der Waals surface area contributed by atoms with Crippen molar-refractivity contribution in [2.75, 3.05) is 0 Å². The second-order valence-corrected chi connectivity index (χ2v) is 7.25. The maximum absolute atomic E-state index is 12.2. The molecule has 0 aromatic heterocycles. The lowest BCUT2D eigenvalue weighted by Gasteiger charge is -2.07. The van der Waals surface area contributed by atoms with Gasteiger partial charge in [-0.15, -0.1) is 0 Å². The molecule has 0 radical (unpaired) electrons. The maximum atomic E-state index is 12.2. The fraction of sp³-hybridized carbons (Fsp3) is 0. The Morgan fingerprint density at radius 2 is 1.75 bits per heavy atom. The number of benzene rings is 2. The molecule has 24 heavy (non-hydrogen) atoms. The highest BCUT2D eigenvalue weighted by molar-refractivity contribution is 7.89. The molecule has 11 heteroatoms. The van der Waals surface area contributed by atoms with Gasteiger partial charge in [0.1, 0.15) is 4.90 Å². The number of hydrogen-bond donors (Lipinski definition) is 1. The van der Waals surface area contributed by atoms with Gasteiger partial charge in [-0.3, -0.25) is 10.1 Å². The highest BCUT2D eigenvalue weighted by Gasteiger charge is 2.19. The Hall–Kier alpha value is -1.87. The summed E-state index contributed by atoms with van der Waals surface area (Å²) in [5.74, 6) is 0. The van der Waals surface area contributed by atoms with Crippen molar-refractivity contribution < 1.29 is 13.3 Å². The minimum atomic E-state index is -4.08. The molecule has 7 nitrogen and oxygen atoms in total. The van der Waals surface area contributed by atoms with Crippen LogP contribution in [0.1, 0.15) is 5.56 Å². The zero-order valence-electron chi connectivity index (χ0n) is 11.6. The van der Waals surface area contributed by atoms with Crippen LogP contribution in [0.5, 0.6) is 0 Å². The van der Waals surface area contributed by atoms with Crippen molar-refractivity contribution in [2.45, 2.75) is 4.90 Å². The van der Waals surface area contributed by atoms with Gasteiger partial charge in [0.15, 0.2) is 0 Å². The van der Waals surface area contributed by atoms with Gasteiger partial charge < -0.3 is 0 Å². The van der Waals surface area contributed by atoms with E-state index in [-0.39, 0.29) is 25.7 Å².